The summed E-state index contributed by atoms with van der Waals surface area (Å²) >= 11 is 2.88. The first kappa shape index (κ1) is 18.5. The van der Waals surface area contributed by atoms with E-state index in [1.165, 1.54) is 22.7 Å². The van der Waals surface area contributed by atoms with Crippen LogP contribution < -0.4 is 4.80 Å². The van der Waals surface area contributed by atoms with Crippen molar-refractivity contribution in [2.24, 2.45) is 4.99 Å². The number of rotatable bonds is 4. The molecule has 8 heteroatoms. The number of hydrogen-bond acceptors (Lipinski definition) is 6. The van der Waals surface area contributed by atoms with Crippen LogP contribution in [0.4, 0.5) is 0 Å². The molecule has 2 aromatic heterocycles. The number of benzene rings is 2. The van der Waals surface area contributed by atoms with Gasteiger partial charge in [0.2, 0.25) is 0 Å². The van der Waals surface area contributed by atoms with Crippen LogP contribution in [-0.4, -0.2) is 28.0 Å². The van der Waals surface area contributed by atoms with Gasteiger partial charge in [-0.1, -0.05) is 11.3 Å². The Hall–Kier alpha value is -2.84. The van der Waals surface area contributed by atoms with Crippen molar-refractivity contribution < 1.29 is 14.3 Å². The van der Waals surface area contributed by atoms with E-state index in [0.717, 1.165) is 20.4 Å². The lowest BCUT2D eigenvalue weighted by molar-refractivity contribution is 0.0526. The number of hydrogen-bond donors (Lipinski definition) is 0. The molecule has 0 spiro atoms. The summed E-state index contributed by atoms with van der Waals surface area (Å²) in [6.45, 7) is 4.77. The molecule has 0 aliphatic heterocycles. The van der Waals surface area contributed by atoms with Gasteiger partial charge in [0.05, 0.1) is 38.1 Å². The van der Waals surface area contributed by atoms with Crippen molar-refractivity contribution in [3.05, 3.63) is 57.8 Å². The highest BCUT2D eigenvalue weighted by Gasteiger charge is 2.13. The molecule has 0 aliphatic rings. The maximum absolute atomic E-state index is 12.7. The molecule has 0 fully saturated rings. The van der Waals surface area contributed by atoms with E-state index in [0.29, 0.717) is 29.1 Å². The first-order valence-corrected chi connectivity index (χ1v) is 10.5. The second-order valence-electron chi connectivity index (χ2n) is 5.98. The van der Waals surface area contributed by atoms with Crippen LogP contribution in [0.15, 0.2) is 46.9 Å². The number of carbonyl (C=O) groups excluding carboxylic acids is 2. The molecule has 0 N–H and O–H groups in total. The van der Waals surface area contributed by atoms with E-state index in [2.05, 4.69) is 9.98 Å². The van der Waals surface area contributed by atoms with Gasteiger partial charge in [-0.15, -0.1) is 11.3 Å². The van der Waals surface area contributed by atoms with Crippen molar-refractivity contribution in [3.8, 4) is 0 Å². The Morgan fingerprint density at radius 2 is 1.89 bits per heavy atom. The summed E-state index contributed by atoms with van der Waals surface area (Å²) < 4.78 is 8.88. The van der Waals surface area contributed by atoms with Crippen LogP contribution in [0.25, 0.3) is 20.4 Å². The Labute approximate surface area is 168 Å². The van der Waals surface area contributed by atoms with E-state index < -0.39 is 0 Å². The molecule has 0 unspecified atom stereocenters. The van der Waals surface area contributed by atoms with Crippen LogP contribution in [0.5, 0.6) is 0 Å². The van der Waals surface area contributed by atoms with Gasteiger partial charge in [-0.3, -0.25) is 4.79 Å². The third-order valence-electron chi connectivity index (χ3n) is 4.29. The maximum Gasteiger partial charge on any atom is 0.338 e. The molecule has 0 saturated carbocycles. The van der Waals surface area contributed by atoms with E-state index in [1.807, 2.05) is 29.7 Å². The molecule has 142 valence electrons. The van der Waals surface area contributed by atoms with Gasteiger partial charge < -0.3 is 9.30 Å². The van der Waals surface area contributed by atoms with Crippen LogP contribution in [0.3, 0.4) is 0 Å². The number of esters is 1. The van der Waals surface area contributed by atoms with E-state index in [1.54, 1.807) is 30.6 Å². The summed E-state index contributed by atoms with van der Waals surface area (Å²) in [4.78, 5) is 33.9. The molecule has 4 rings (SSSR count). The predicted molar refractivity (Wildman–Crippen MR) is 111 cm³/mol. The summed E-state index contributed by atoms with van der Waals surface area (Å²) in [6, 6.07) is 10.8. The lowest BCUT2D eigenvalue weighted by Crippen LogP contribution is -2.15. The molecular weight excluding hydrogens is 394 g/mol. The topological polar surface area (TPSA) is 73.6 Å². The highest BCUT2D eigenvalue weighted by Crippen LogP contribution is 2.21. The highest BCUT2D eigenvalue weighted by atomic mass is 32.1. The number of ether oxygens (including phenoxy) is 1. The first-order valence-electron chi connectivity index (χ1n) is 8.83. The minimum atomic E-state index is -0.353. The number of thiazole rings is 2. The zero-order chi connectivity index (χ0) is 19.7. The molecule has 0 bridgehead atoms. The summed E-state index contributed by atoms with van der Waals surface area (Å²) in [6.07, 6.45) is 0. The van der Waals surface area contributed by atoms with E-state index in [9.17, 15) is 9.59 Å². The Balaban J connectivity index is 1.77. The number of amides is 1. The number of nitrogens with zero attached hydrogens (tertiary/aromatic N) is 3. The Morgan fingerprint density at radius 3 is 2.68 bits per heavy atom. The molecule has 4 aromatic rings. The predicted octanol–water partition coefficient (Wildman–Crippen LogP) is 4.25. The quantitative estimate of drug-likeness (QED) is 0.471. The molecule has 1 amide bonds. The van der Waals surface area contributed by atoms with E-state index >= 15 is 0 Å². The average molecular weight is 412 g/mol. The first-order chi connectivity index (χ1) is 13.6. The zero-order valence-corrected chi connectivity index (χ0v) is 17.0. The minimum absolute atomic E-state index is 0.297. The Morgan fingerprint density at radius 1 is 1.11 bits per heavy atom. The second-order valence-corrected chi connectivity index (χ2v) is 7.88. The van der Waals surface area contributed by atoms with Crippen molar-refractivity contribution in [2.75, 3.05) is 6.61 Å². The minimum Gasteiger partial charge on any atom is -0.462 e. The van der Waals surface area contributed by atoms with Crippen LogP contribution in [0.1, 0.15) is 34.6 Å². The summed E-state index contributed by atoms with van der Waals surface area (Å²) in [5.74, 6) is -0.650. The molecule has 2 aromatic carbocycles. The molecule has 0 radical (unpaired) electrons. The maximum atomic E-state index is 12.7. The molecule has 0 aliphatic carbocycles. The SMILES string of the molecule is CCOC(=O)c1ccc2c(c1)sc(=NC(=O)c1ccc3ncsc3c1)n2CC. The standard InChI is InChI=1S/C20H17N3O3S2/c1-3-23-15-8-6-13(19(25)26-4-2)10-17(15)28-20(23)22-18(24)12-5-7-14-16(9-12)27-11-21-14/h5-11H,3-4H2,1-2H3. The van der Waals surface area contributed by atoms with Gasteiger partial charge in [-0.25, -0.2) is 9.78 Å². The Bertz CT molecular complexity index is 1270. The molecule has 2 heterocycles. The number of aryl methyl sites for hydroxylation is 1. The third kappa shape index (κ3) is 3.36. The fourth-order valence-electron chi connectivity index (χ4n) is 2.95. The van der Waals surface area contributed by atoms with Gasteiger partial charge in [-0.2, -0.15) is 4.99 Å². The van der Waals surface area contributed by atoms with Crippen molar-refractivity contribution in [2.45, 2.75) is 20.4 Å². The summed E-state index contributed by atoms with van der Waals surface area (Å²) in [7, 11) is 0. The number of fused-ring (bicyclic) bond motifs is 2. The van der Waals surface area contributed by atoms with Crippen molar-refractivity contribution >= 4 is 55.0 Å². The smallest absolute Gasteiger partial charge is 0.338 e. The van der Waals surface area contributed by atoms with Gasteiger partial charge in [0.1, 0.15) is 0 Å². The van der Waals surface area contributed by atoms with Gasteiger partial charge >= 0.3 is 5.97 Å². The summed E-state index contributed by atoms with van der Waals surface area (Å²) in [5.41, 5.74) is 4.59. The average Bonchev–Trinajstić information content (AvgIpc) is 3.30. The lowest BCUT2D eigenvalue weighted by atomic mass is 10.2. The van der Waals surface area contributed by atoms with Crippen LogP contribution >= 0.6 is 22.7 Å². The van der Waals surface area contributed by atoms with Crippen molar-refractivity contribution in [1.82, 2.24) is 9.55 Å². The van der Waals surface area contributed by atoms with Gasteiger partial charge in [0.15, 0.2) is 4.80 Å². The summed E-state index contributed by atoms with van der Waals surface area (Å²) in [5, 5.41) is 0. The van der Waals surface area contributed by atoms with Gasteiger partial charge in [-0.05, 0) is 50.2 Å². The third-order valence-corrected chi connectivity index (χ3v) is 6.12. The van der Waals surface area contributed by atoms with Crippen molar-refractivity contribution in [3.63, 3.8) is 0 Å². The van der Waals surface area contributed by atoms with Crippen LogP contribution in [-0.2, 0) is 11.3 Å². The van der Waals surface area contributed by atoms with Crippen LogP contribution in [0, 0.1) is 0 Å². The monoisotopic (exact) mass is 411 g/mol. The number of carbonyl (C=O) groups is 2. The molecule has 0 saturated heterocycles. The highest BCUT2D eigenvalue weighted by molar-refractivity contribution is 7.17. The lowest BCUT2D eigenvalue weighted by Gasteiger charge is -2.03. The van der Waals surface area contributed by atoms with E-state index in [-0.39, 0.29) is 11.9 Å². The fraction of sp³-hybridized carbons (Fsp3) is 0.200. The molecular formula is C20H17N3O3S2. The largest absolute Gasteiger partial charge is 0.462 e. The second kappa shape index (κ2) is 7.65. The molecule has 28 heavy (non-hydrogen) atoms. The van der Waals surface area contributed by atoms with Crippen LogP contribution in [0.2, 0.25) is 0 Å². The van der Waals surface area contributed by atoms with Gasteiger partial charge in [0, 0.05) is 12.1 Å². The Kier molecular flexibility index (Phi) is 5.06. The fourth-order valence-corrected chi connectivity index (χ4v) is 4.79. The van der Waals surface area contributed by atoms with Crippen molar-refractivity contribution in [1.29, 1.82) is 0 Å². The number of aromatic nitrogens is 2. The van der Waals surface area contributed by atoms with E-state index in [4.69, 9.17) is 4.74 Å². The normalized spacial score (nSPS) is 12.0. The molecule has 0 atom stereocenters. The zero-order valence-electron chi connectivity index (χ0n) is 15.3. The molecule has 6 nitrogen and oxygen atoms in total. The van der Waals surface area contributed by atoms with Gasteiger partial charge in [0.25, 0.3) is 5.91 Å².